The largest absolute Gasteiger partial charge is 0.497 e. The number of aromatic nitrogens is 3. The van der Waals surface area contributed by atoms with E-state index in [1.807, 2.05) is 0 Å². The maximum absolute atomic E-state index is 13.3. The number of hydrogen-bond donors (Lipinski definition) is 1. The van der Waals surface area contributed by atoms with Gasteiger partial charge in [0.1, 0.15) is 23.0 Å². The zero-order chi connectivity index (χ0) is 23.7. The van der Waals surface area contributed by atoms with E-state index in [9.17, 15) is 9.18 Å². The Kier molecular flexibility index (Phi) is 6.11. The van der Waals surface area contributed by atoms with Gasteiger partial charge in [0.15, 0.2) is 5.83 Å². The van der Waals surface area contributed by atoms with Crippen molar-refractivity contribution in [1.29, 1.82) is 0 Å². The van der Waals surface area contributed by atoms with Gasteiger partial charge < -0.3 is 20.1 Å². The molecular weight excluding hydrogens is 449 g/mol. The van der Waals surface area contributed by atoms with Gasteiger partial charge in [0, 0.05) is 24.7 Å². The molecule has 10 heteroatoms. The number of anilines is 1. The van der Waals surface area contributed by atoms with Crippen LogP contribution in [0.25, 0.3) is 10.9 Å². The number of rotatable bonds is 4. The van der Waals surface area contributed by atoms with Gasteiger partial charge in [-0.2, -0.15) is 5.10 Å². The molecule has 3 aromatic rings. The number of carbonyl (C=O) groups is 1. The number of nitrogen functional groups attached to an aromatic ring is 1. The first kappa shape index (κ1) is 22.4. The van der Waals surface area contributed by atoms with Crippen molar-refractivity contribution in [2.24, 2.45) is 0 Å². The fraction of sp³-hybridized carbons (Fsp3) is 0.261. The predicted octanol–water partition coefficient (Wildman–Crippen LogP) is 3.34. The molecule has 1 amide bonds. The van der Waals surface area contributed by atoms with E-state index in [2.05, 4.69) is 28.5 Å². The number of carbonyl (C=O) groups excluding carboxylic acids is 1. The molecule has 2 aromatic heterocycles. The number of fused-ring (bicyclic) bond motifs is 1. The number of pyridine rings is 1. The number of ether oxygens (including phenoxy) is 2. The number of halogens is 2. The van der Waals surface area contributed by atoms with Gasteiger partial charge in [-0.3, -0.25) is 9.48 Å². The Labute approximate surface area is 194 Å². The van der Waals surface area contributed by atoms with Gasteiger partial charge in [0.2, 0.25) is 0 Å². The molecule has 1 aromatic carbocycles. The lowest BCUT2D eigenvalue weighted by Gasteiger charge is -2.16. The van der Waals surface area contributed by atoms with Gasteiger partial charge >= 0.3 is 0 Å². The Morgan fingerprint density at radius 3 is 2.61 bits per heavy atom. The van der Waals surface area contributed by atoms with Crippen LogP contribution in [0.3, 0.4) is 0 Å². The van der Waals surface area contributed by atoms with Crippen LogP contribution >= 0.6 is 11.6 Å². The van der Waals surface area contributed by atoms with E-state index >= 15 is 0 Å². The smallest absolute Gasteiger partial charge is 0.282 e. The first-order valence-electron chi connectivity index (χ1n) is 10.0. The molecule has 0 aliphatic carbocycles. The molecule has 1 fully saturated rings. The average Bonchev–Trinajstić information content (AvgIpc) is 3.45. The Morgan fingerprint density at radius 2 is 1.97 bits per heavy atom. The number of amides is 1. The summed E-state index contributed by atoms with van der Waals surface area (Å²) in [7, 11) is 3.12. The predicted molar refractivity (Wildman–Crippen MR) is 123 cm³/mol. The van der Waals surface area contributed by atoms with Gasteiger partial charge in [0.25, 0.3) is 5.91 Å². The van der Waals surface area contributed by atoms with E-state index in [0.29, 0.717) is 51.6 Å². The topological polar surface area (TPSA) is 95.5 Å². The van der Waals surface area contributed by atoms with E-state index in [0.717, 1.165) is 0 Å². The van der Waals surface area contributed by atoms with Crippen LogP contribution in [0.4, 0.5) is 10.2 Å². The zero-order valence-corrected chi connectivity index (χ0v) is 18.8. The Bertz CT molecular complexity index is 1300. The lowest BCUT2D eigenvalue weighted by Crippen LogP contribution is -2.29. The second-order valence-electron chi connectivity index (χ2n) is 7.46. The Morgan fingerprint density at radius 1 is 1.27 bits per heavy atom. The molecule has 1 aliphatic rings. The summed E-state index contributed by atoms with van der Waals surface area (Å²) in [4.78, 5) is 17.5. The van der Waals surface area contributed by atoms with Crippen LogP contribution in [0.1, 0.15) is 23.7 Å². The summed E-state index contributed by atoms with van der Waals surface area (Å²) in [5, 5.41) is 5.52. The molecule has 3 heterocycles. The van der Waals surface area contributed by atoms with Gasteiger partial charge in [-0.1, -0.05) is 24.1 Å². The van der Waals surface area contributed by atoms with Crippen molar-refractivity contribution in [3.63, 3.8) is 0 Å². The van der Waals surface area contributed by atoms with Crippen molar-refractivity contribution >= 4 is 34.2 Å². The van der Waals surface area contributed by atoms with Crippen LogP contribution in [0.5, 0.6) is 11.5 Å². The van der Waals surface area contributed by atoms with Gasteiger partial charge in [0.05, 0.1) is 42.4 Å². The molecule has 1 aliphatic heterocycles. The third-order valence-corrected chi connectivity index (χ3v) is 5.69. The lowest BCUT2D eigenvalue weighted by molar-refractivity contribution is -0.127. The molecule has 4 rings (SSSR count). The molecule has 0 radical (unpaired) electrons. The zero-order valence-electron chi connectivity index (χ0n) is 18.1. The van der Waals surface area contributed by atoms with E-state index in [-0.39, 0.29) is 18.4 Å². The summed E-state index contributed by atoms with van der Waals surface area (Å²) in [6.45, 7) is 3.73. The maximum atomic E-state index is 13.3. The van der Waals surface area contributed by atoms with Gasteiger partial charge in [-0.15, -0.1) is 0 Å². The molecule has 170 valence electrons. The SMILES string of the molecule is C=C(F)C(=O)N1CCC(n2nc(C#Cc3cc(OC)cc(OC)c3)c3c(N)ncc(Cl)c32)C1. The minimum absolute atomic E-state index is 0.233. The second kappa shape index (κ2) is 9.00. The van der Waals surface area contributed by atoms with Crippen LogP contribution in [0.15, 0.2) is 36.8 Å². The highest BCUT2D eigenvalue weighted by atomic mass is 35.5. The van der Waals surface area contributed by atoms with Crippen molar-refractivity contribution < 1.29 is 18.7 Å². The van der Waals surface area contributed by atoms with Crippen LogP contribution < -0.4 is 15.2 Å². The molecule has 1 unspecified atom stereocenters. The second-order valence-corrected chi connectivity index (χ2v) is 7.87. The molecule has 33 heavy (non-hydrogen) atoms. The number of nitrogens with two attached hydrogens (primary N) is 1. The molecule has 0 bridgehead atoms. The van der Waals surface area contributed by atoms with Crippen molar-refractivity contribution in [3.8, 4) is 23.3 Å². The molecular formula is C23H21ClFN5O3. The molecule has 2 N–H and O–H groups in total. The number of methoxy groups -OCH3 is 2. The molecule has 0 saturated carbocycles. The number of nitrogens with zero attached hydrogens (tertiary/aromatic N) is 4. The van der Waals surface area contributed by atoms with E-state index in [1.165, 1.54) is 11.1 Å². The highest BCUT2D eigenvalue weighted by Gasteiger charge is 2.31. The van der Waals surface area contributed by atoms with Crippen molar-refractivity contribution in [2.75, 3.05) is 33.0 Å². The quantitative estimate of drug-likeness (QED) is 0.465. The van der Waals surface area contributed by atoms with Gasteiger partial charge in [-0.25, -0.2) is 9.37 Å². The number of hydrogen-bond acceptors (Lipinski definition) is 6. The normalized spacial score (nSPS) is 15.3. The summed E-state index contributed by atoms with van der Waals surface area (Å²) in [5.74, 6) is 5.81. The fourth-order valence-electron chi connectivity index (χ4n) is 3.82. The standard InChI is InChI=1S/C23H21ClFN5O3/c1-13(25)23(31)29-7-6-15(12-29)30-21-18(24)11-27-22(26)20(21)19(28-30)5-4-14-8-16(32-2)10-17(9-14)33-3/h8-11,15H,1,6-7,12H2,2-3H3,(H2,26,27). The summed E-state index contributed by atoms with van der Waals surface area (Å²) in [6, 6.07) is 5.06. The fourth-order valence-corrected chi connectivity index (χ4v) is 4.05. The van der Waals surface area contributed by atoms with Crippen LogP contribution in [0.2, 0.25) is 5.02 Å². The number of benzene rings is 1. The minimum Gasteiger partial charge on any atom is -0.497 e. The maximum Gasteiger partial charge on any atom is 0.282 e. The molecule has 8 nitrogen and oxygen atoms in total. The summed E-state index contributed by atoms with van der Waals surface area (Å²) >= 11 is 6.46. The van der Waals surface area contributed by atoms with Crippen LogP contribution in [0, 0.1) is 11.8 Å². The van der Waals surface area contributed by atoms with E-state index < -0.39 is 11.7 Å². The molecule has 0 spiro atoms. The van der Waals surface area contributed by atoms with Crippen LogP contribution in [-0.4, -0.2) is 52.9 Å². The Hall–Kier alpha value is -3.77. The van der Waals surface area contributed by atoms with E-state index in [4.69, 9.17) is 26.8 Å². The minimum atomic E-state index is -0.993. The third kappa shape index (κ3) is 4.30. The average molecular weight is 470 g/mol. The van der Waals surface area contributed by atoms with Crippen molar-refractivity contribution in [2.45, 2.75) is 12.5 Å². The van der Waals surface area contributed by atoms with Crippen molar-refractivity contribution in [3.05, 3.63) is 53.1 Å². The molecule has 1 saturated heterocycles. The highest BCUT2D eigenvalue weighted by Crippen LogP contribution is 2.34. The van der Waals surface area contributed by atoms with Crippen molar-refractivity contribution in [1.82, 2.24) is 19.7 Å². The monoisotopic (exact) mass is 469 g/mol. The Balaban J connectivity index is 1.78. The first-order valence-corrected chi connectivity index (χ1v) is 10.4. The highest BCUT2D eigenvalue weighted by molar-refractivity contribution is 6.35. The lowest BCUT2D eigenvalue weighted by atomic mass is 10.1. The van der Waals surface area contributed by atoms with Crippen LogP contribution in [-0.2, 0) is 4.79 Å². The summed E-state index contributed by atoms with van der Waals surface area (Å²) < 4.78 is 25.6. The number of likely N-dealkylation sites (tertiary alicyclic amines) is 1. The summed E-state index contributed by atoms with van der Waals surface area (Å²) in [6.07, 6.45) is 2.01. The van der Waals surface area contributed by atoms with Gasteiger partial charge in [-0.05, 0) is 24.5 Å². The third-order valence-electron chi connectivity index (χ3n) is 5.41. The van der Waals surface area contributed by atoms with E-state index in [1.54, 1.807) is 37.1 Å². The first-order chi connectivity index (χ1) is 15.8. The molecule has 1 atom stereocenters. The summed E-state index contributed by atoms with van der Waals surface area (Å²) in [5.41, 5.74) is 7.76.